The van der Waals surface area contributed by atoms with Crippen LogP contribution in [0, 0.1) is 0 Å². The highest BCUT2D eigenvalue weighted by Gasteiger charge is 2.33. The van der Waals surface area contributed by atoms with Gasteiger partial charge in [-0.3, -0.25) is 0 Å². The number of likely N-dealkylation sites (tertiary alicyclic amines) is 1. The Morgan fingerprint density at radius 2 is 2.22 bits per heavy atom. The molecule has 2 aromatic rings. The van der Waals surface area contributed by atoms with Gasteiger partial charge in [0.2, 0.25) is 11.7 Å². The summed E-state index contributed by atoms with van der Waals surface area (Å²) in [5, 5.41) is 6.86. The number of carbonyl (C=O) groups is 1. The molecule has 1 N–H and O–H groups in total. The maximum absolute atomic E-state index is 12.1. The number of methoxy groups -OCH3 is 1. The largest absolute Gasteiger partial charge is 0.497 e. The molecule has 1 atom stereocenters. The molecule has 1 fully saturated rings. The third kappa shape index (κ3) is 3.13. The fraction of sp³-hybridized carbons (Fsp3) is 0.438. The first-order valence-corrected chi connectivity index (χ1v) is 7.75. The molecule has 0 spiro atoms. The molecule has 1 aromatic carbocycles. The minimum absolute atomic E-state index is 0.0841. The van der Waals surface area contributed by atoms with Crippen LogP contribution in [-0.2, 0) is 0 Å². The molecule has 2 amide bonds. The monoisotopic (exact) mass is 316 g/mol. The molecule has 1 aliphatic heterocycles. The van der Waals surface area contributed by atoms with Crippen molar-refractivity contribution in [1.82, 2.24) is 20.4 Å². The average molecular weight is 316 g/mol. The van der Waals surface area contributed by atoms with Crippen molar-refractivity contribution in [2.75, 3.05) is 20.2 Å². The average Bonchev–Trinajstić information content (AvgIpc) is 3.24. The molecule has 23 heavy (non-hydrogen) atoms. The van der Waals surface area contributed by atoms with E-state index in [2.05, 4.69) is 15.5 Å². The SMILES string of the molecule is CCNC(=O)N1CCC[C@H]1c1nc(-c2ccc(OC)cc2)no1. The molecule has 7 heteroatoms. The summed E-state index contributed by atoms with van der Waals surface area (Å²) in [5.74, 6) is 1.78. The number of hydrogen-bond donors (Lipinski definition) is 1. The van der Waals surface area contributed by atoms with Crippen LogP contribution in [-0.4, -0.2) is 41.3 Å². The van der Waals surface area contributed by atoms with Crippen molar-refractivity contribution in [2.24, 2.45) is 0 Å². The van der Waals surface area contributed by atoms with Crippen LogP contribution in [0.2, 0.25) is 0 Å². The van der Waals surface area contributed by atoms with Crippen LogP contribution in [0.3, 0.4) is 0 Å². The molecular formula is C16H20N4O3. The lowest BCUT2D eigenvalue weighted by molar-refractivity contribution is 0.181. The number of amides is 2. The molecule has 3 rings (SSSR count). The molecule has 122 valence electrons. The highest BCUT2D eigenvalue weighted by atomic mass is 16.5. The smallest absolute Gasteiger partial charge is 0.318 e. The van der Waals surface area contributed by atoms with Crippen molar-refractivity contribution in [3.63, 3.8) is 0 Å². The molecule has 1 aromatic heterocycles. The van der Waals surface area contributed by atoms with Gasteiger partial charge in [-0.2, -0.15) is 4.98 Å². The number of nitrogens with one attached hydrogen (secondary N) is 1. The fourth-order valence-corrected chi connectivity index (χ4v) is 2.75. The quantitative estimate of drug-likeness (QED) is 0.938. The van der Waals surface area contributed by atoms with E-state index in [-0.39, 0.29) is 12.1 Å². The predicted octanol–water partition coefficient (Wildman–Crippen LogP) is 2.61. The van der Waals surface area contributed by atoms with Gasteiger partial charge in [0.15, 0.2) is 0 Å². The second-order valence-electron chi connectivity index (χ2n) is 5.37. The molecule has 0 radical (unpaired) electrons. The maximum atomic E-state index is 12.1. The number of hydrogen-bond acceptors (Lipinski definition) is 5. The van der Waals surface area contributed by atoms with Crippen LogP contribution < -0.4 is 10.1 Å². The number of benzene rings is 1. The Morgan fingerprint density at radius 1 is 1.43 bits per heavy atom. The molecule has 0 saturated carbocycles. The Labute approximate surface area is 134 Å². The second kappa shape index (κ2) is 6.68. The van der Waals surface area contributed by atoms with Gasteiger partial charge in [0.05, 0.1) is 7.11 Å². The Hall–Kier alpha value is -2.57. The zero-order chi connectivity index (χ0) is 16.2. The van der Waals surface area contributed by atoms with E-state index < -0.39 is 0 Å². The third-order valence-electron chi connectivity index (χ3n) is 3.92. The summed E-state index contributed by atoms with van der Waals surface area (Å²) in [6, 6.07) is 7.22. The Morgan fingerprint density at radius 3 is 2.91 bits per heavy atom. The van der Waals surface area contributed by atoms with Crippen molar-refractivity contribution in [2.45, 2.75) is 25.8 Å². The molecule has 1 aliphatic rings. The van der Waals surface area contributed by atoms with Crippen LogP contribution >= 0.6 is 0 Å². The van der Waals surface area contributed by atoms with E-state index >= 15 is 0 Å². The van der Waals surface area contributed by atoms with E-state index in [1.807, 2.05) is 31.2 Å². The number of urea groups is 1. The first-order valence-electron chi connectivity index (χ1n) is 7.75. The lowest BCUT2D eigenvalue weighted by Gasteiger charge is -2.21. The number of aromatic nitrogens is 2. The molecule has 7 nitrogen and oxygen atoms in total. The summed E-state index contributed by atoms with van der Waals surface area (Å²) in [6.45, 7) is 3.21. The van der Waals surface area contributed by atoms with Crippen LogP contribution in [0.1, 0.15) is 31.7 Å². The van der Waals surface area contributed by atoms with Crippen molar-refractivity contribution < 1.29 is 14.1 Å². The maximum Gasteiger partial charge on any atom is 0.318 e. The van der Waals surface area contributed by atoms with Crippen molar-refractivity contribution >= 4 is 6.03 Å². The summed E-state index contributed by atoms with van der Waals surface area (Å²) in [5.41, 5.74) is 0.850. The molecule has 2 heterocycles. The summed E-state index contributed by atoms with van der Waals surface area (Å²) < 4.78 is 10.5. The van der Waals surface area contributed by atoms with E-state index in [0.717, 1.165) is 24.2 Å². The zero-order valence-corrected chi connectivity index (χ0v) is 13.3. The lowest BCUT2D eigenvalue weighted by atomic mass is 10.2. The normalized spacial score (nSPS) is 17.3. The van der Waals surface area contributed by atoms with E-state index in [4.69, 9.17) is 9.26 Å². The summed E-state index contributed by atoms with van der Waals surface area (Å²) in [4.78, 5) is 18.3. The van der Waals surface area contributed by atoms with Crippen LogP contribution in [0.25, 0.3) is 11.4 Å². The van der Waals surface area contributed by atoms with Gasteiger partial charge in [-0.15, -0.1) is 0 Å². The Kier molecular flexibility index (Phi) is 4.45. The Bertz CT molecular complexity index is 668. The fourth-order valence-electron chi connectivity index (χ4n) is 2.75. The summed E-state index contributed by atoms with van der Waals surface area (Å²) >= 11 is 0. The Balaban J connectivity index is 1.79. The van der Waals surface area contributed by atoms with E-state index in [0.29, 0.717) is 24.8 Å². The number of carbonyl (C=O) groups excluding carboxylic acids is 1. The van der Waals surface area contributed by atoms with Gasteiger partial charge < -0.3 is 19.5 Å². The standard InChI is InChI=1S/C16H20N4O3/c1-3-17-16(21)20-10-4-5-13(20)15-18-14(19-23-15)11-6-8-12(22-2)9-7-11/h6-9,13H,3-5,10H2,1-2H3,(H,17,21)/t13-/m0/s1. The highest BCUT2D eigenvalue weighted by molar-refractivity contribution is 5.74. The minimum Gasteiger partial charge on any atom is -0.497 e. The molecular weight excluding hydrogens is 296 g/mol. The molecule has 0 aliphatic carbocycles. The summed E-state index contributed by atoms with van der Waals surface area (Å²) in [6.07, 6.45) is 1.77. The van der Waals surface area contributed by atoms with Gasteiger partial charge in [0.1, 0.15) is 11.8 Å². The van der Waals surface area contributed by atoms with Crippen molar-refractivity contribution in [3.8, 4) is 17.1 Å². The predicted molar refractivity (Wildman–Crippen MR) is 84.0 cm³/mol. The van der Waals surface area contributed by atoms with Crippen LogP contribution in [0.15, 0.2) is 28.8 Å². The van der Waals surface area contributed by atoms with Gasteiger partial charge in [-0.05, 0) is 44.0 Å². The second-order valence-corrected chi connectivity index (χ2v) is 5.37. The number of nitrogens with zero attached hydrogens (tertiary/aromatic N) is 3. The van der Waals surface area contributed by atoms with Gasteiger partial charge in [-0.25, -0.2) is 4.79 Å². The van der Waals surface area contributed by atoms with E-state index in [1.165, 1.54) is 0 Å². The van der Waals surface area contributed by atoms with Crippen molar-refractivity contribution in [3.05, 3.63) is 30.2 Å². The van der Waals surface area contributed by atoms with Crippen LogP contribution in [0.4, 0.5) is 4.79 Å². The van der Waals surface area contributed by atoms with Crippen molar-refractivity contribution in [1.29, 1.82) is 0 Å². The van der Waals surface area contributed by atoms with Gasteiger partial charge in [-0.1, -0.05) is 5.16 Å². The lowest BCUT2D eigenvalue weighted by Crippen LogP contribution is -2.39. The van der Waals surface area contributed by atoms with Crippen LogP contribution in [0.5, 0.6) is 5.75 Å². The number of ether oxygens (including phenoxy) is 1. The first kappa shape index (κ1) is 15.3. The van der Waals surface area contributed by atoms with E-state index in [9.17, 15) is 4.79 Å². The first-order chi connectivity index (χ1) is 11.2. The van der Waals surface area contributed by atoms with Gasteiger partial charge in [0, 0.05) is 18.7 Å². The molecule has 0 bridgehead atoms. The third-order valence-corrected chi connectivity index (χ3v) is 3.92. The topological polar surface area (TPSA) is 80.5 Å². The highest BCUT2D eigenvalue weighted by Crippen LogP contribution is 2.32. The molecule has 1 saturated heterocycles. The zero-order valence-electron chi connectivity index (χ0n) is 13.3. The minimum atomic E-state index is -0.152. The van der Waals surface area contributed by atoms with Gasteiger partial charge >= 0.3 is 6.03 Å². The van der Waals surface area contributed by atoms with E-state index in [1.54, 1.807) is 12.0 Å². The summed E-state index contributed by atoms with van der Waals surface area (Å²) in [7, 11) is 1.62. The molecule has 0 unspecified atom stereocenters. The number of rotatable bonds is 4. The van der Waals surface area contributed by atoms with Gasteiger partial charge in [0.25, 0.3) is 0 Å².